The predicted molar refractivity (Wildman–Crippen MR) is 58.9 cm³/mol. The van der Waals surface area contributed by atoms with Crippen LogP contribution in [0.15, 0.2) is 0 Å². The van der Waals surface area contributed by atoms with E-state index in [1.807, 2.05) is 0 Å². The van der Waals surface area contributed by atoms with Crippen LogP contribution in [-0.2, 0) is 14.3 Å². The van der Waals surface area contributed by atoms with Crippen molar-refractivity contribution < 1.29 is 14.3 Å². The summed E-state index contributed by atoms with van der Waals surface area (Å²) in [6.45, 7) is 3.45. The fourth-order valence-electron chi connectivity index (χ4n) is 2.48. The highest BCUT2D eigenvalue weighted by atomic mass is 16.5. The van der Waals surface area contributed by atoms with Crippen LogP contribution in [-0.4, -0.2) is 30.4 Å². The summed E-state index contributed by atoms with van der Waals surface area (Å²) in [6, 6.07) is 0. The standard InChI is InChI=1S/C12H19NO3/c1-2-3-12(4-5-16-8-12)13-11(15)9-6-10(14)7-9/h9H,2-8H2,1H3,(H,13,15). The second-order valence-electron chi connectivity index (χ2n) is 4.97. The van der Waals surface area contributed by atoms with Gasteiger partial charge in [0.2, 0.25) is 5.91 Å². The van der Waals surface area contributed by atoms with E-state index in [1.54, 1.807) is 0 Å². The minimum Gasteiger partial charge on any atom is -0.379 e. The van der Waals surface area contributed by atoms with E-state index < -0.39 is 0 Å². The topological polar surface area (TPSA) is 55.4 Å². The quantitative estimate of drug-likeness (QED) is 0.777. The molecule has 0 aromatic rings. The van der Waals surface area contributed by atoms with Crippen LogP contribution in [0, 0.1) is 5.92 Å². The predicted octanol–water partition coefficient (Wildman–Crippen LogP) is 1.04. The van der Waals surface area contributed by atoms with Crippen LogP contribution >= 0.6 is 0 Å². The van der Waals surface area contributed by atoms with E-state index in [0.717, 1.165) is 25.9 Å². The smallest absolute Gasteiger partial charge is 0.224 e. The molecule has 1 saturated heterocycles. The molecule has 1 amide bonds. The molecule has 90 valence electrons. The summed E-state index contributed by atoms with van der Waals surface area (Å²) in [5.74, 6) is 0.160. The molecule has 4 nitrogen and oxygen atoms in total. The van der Waals surface area contributed by atoms with Gasteiger partial charge < -0.3 is 10.1 Å². The molecule has 1 aliphatic heterocycles. The second-order valence-corrected chi connectivity index (χ2v) is 4.97. The van der Waals surface area contributed by atoms with Crippen molar-refractivity contribution in [1.29, 1.82) is 0 Å². The Morgan fingerprint density at radius 1 is 1.56 bits per heavy atom. The lowest BCUT2D eigenvalue weighted by atomic mass is 9.82. The van der Waals surface area contributed by atoms with Gasteiger partial charge in [-0.15, -0.1) is 0 Å². The molecule has 0 radical (unpaired) electrons. The van der Waals surface area contributed by atoms with Gasteiger partial charge >= 0.3 is 0 Å². The van der Waals surface area contributed by atoms with Gasteiger partial charge in [-0.05, 0) is 12.8 Å². The van der Waals surface area contributed by atoms with Gasteiger partial charge in [0.15, 0.2) is 0 Å². The third-order valence-electron chi connectivity index (χ3n) is 3.54. The van der Waals surface area contributed by atoms with Crippen LogP contribution in [0.2, 0.25) is 0 Å². The molecular weight excluding hydrogens is 206 g/mol. The average Bonchev–Trinajstić information content (AvgIpc) is 2.62. The van der Waals surface area contributed by atoms with Gasteiger partial charge in [-0.2, -0.15) is 0 Å². The summed E-state index contributed by atoms with van der Waals surface area (Å²) >= 11 is 0. The lowest BCUT2D eigenvalue weighted by Crippen LogP contribution is -2.52. The molecule has 1 N–H and O–H groups in total. The summed E-state index contributed by atoms with van der Waals surface area (Å²) in [6.07, 6.45) is 3.74. The number of amides is 1. The first-order valence-electron chi connectivity index (χ1n) is 6.07. The third-order valence-corrected chi connectivity index (χ3v) is 3.54. The van der Waals surface area contributed by atoms with E-state index in [9.17, 15) is 9.59 Å². The maximum Gasteiger partial charge on any atom is 0.224 e. The van der Waals surface area contributed by atoms with E-state index >= 15 is 0 Å². The lowest BCUT2D eigenvalue weighted by Gasteiger charge is -2.32. The summed E-state index contributed by atoms with van der Waals surface area (Å²) in [5.41, 5.74) is -0.162. The minimum absolute atomic E-state index is 0.0403. The van der Waals surface area contributed by atoms with Crippen LogP contribution in [0.5, 0.6) is 0 Å². The van der Waals surface area contributed by atoms with Crippen molar-refractivity contribution >= 4 is 11.7 Å². The summed E-state index contributed by atoms with van der Waals surface area (Å²) in [4.78, 5) is 22.7. The first-order valence-corrected chi connectivity index (χ1v) is 6.07. The van der Waals surface area contributed by atoms with E-state index in [0.29, 0.717) is 19.4 Å². The normalized spacial score (nSPS) is 30.2. The zero-order chi connectivity index (χ0) is 11.6. The minimum atomic E-state index is -0.162. The molecule has 1 saturated carbocycles. The fraction of sp³-hybridized carbons (Fsp3) is 0.833. The highest BCUT2D eigenvalue weighted by Crippen LogP contribution is 2.28. The van der Waals surface area contributed by atoms with Crippen molar-refractivity contribution in [1.82, 2.24) is 5.32 Å². The number of Topliss-reactive ketones (excluding diaryl/α,β-unsaturated/α-hetero) is 1. The molecule has 2 fully saturated rings. The number of ether oxygens (including phenoxy) is 1. The molecule has 1 unspecified atom stereocenters. The Kier molecular flexibility index (Phi) is 3.28. The molecular formula is C12H19NO3. The monoisotopic (exact) mass is 225 g/mol. The van der Waals surface area contributed by atoms with Gasteiger partial charge in [0.1, 0.15) is 5.78 Å². The number of hydrogen-bond donors (Lipinski definition) is 1. The molecule has 0 aromatic heterocycles. The Morgan fingerprint density at radius 2 is 2.31 bits per heavy atom. The van der Waals surface area contributed by atoms with Crippen molar-refractivity contribution in [3.05, 3.63) is 0 Å². The fourth-order valence-corrected chi connectivity index (χ4v) is 2.48. The SMILES string of the molecule is CCCC1(NC(=O)C2CC(=O)C2)CCOC1. The number of hydrogen-bond acceptors (Lipinski definition) is 3. The molecule has 1 heterocycles. The van der Waals surface area contributed by atoms with Gasteiger partial charge in [0.25, 0.3) is 0 Å². The Morgan fingerprint density at radius 3 is 2.81 bits per heavy atom. The number of nitrogens with one attached hydrogen (secondary N) is 1. The van der Waals surface area contributed by atoms with Gasteiger partial charge in [-0.3, -0.25) is 9.59 Å². The summed E-state index contributed by atoms with van der Waals surface area (Å²) in [5, 5.41) is 3.10. The van der Waals surface area contributed by atoms with E-state index in [2.05, 4.69) is 12.2 Å². The van der Waals surface area contributed by atoms with Gasteiger partial charge in [-0.1, -0.05) is 13.3 Å². The highest BCUT2D eigenvalue weighted by molar-refractivity contribution is 5.96. The number of rotatable bonds is 4. The van der Waals surface area contributed by atoms with Crippen LogP contribution in [0.25, 0.3) is 0 Å². The first kappa shape index (κ1) is 11.6. The average molecular weight is 225 g/mol. The molecule has 2 rings (SSSR count). The van der Waals surface area contributed by atoms with Crippen molar-refractivity contribution in [2.45, 2.75) is 44.6 Å². The van der Waals surface area contributed by atoms with Gasteiger partial charge in [0, 0.05) is 19.4 Å². The molecule has 1 aliphatic carbocycles. The largest absolute Gasteiger partial charge is 0.379 e. The molecule has 1 atom stereocenters. The highest BCUT2D eigenvalue weighted by Gasteiger charge is 2.40. The van der Waals surface area contributed by atoms with Crippen molar-refractivity contribution in [2.75, 3.05) is 13.2 Å². The molecule has 0 spiro atoms. The van der Waals surface area contributed by atoms with Crippen LogP contribution in [0.1, 0.15) is 39.0 Å². The Hall–Kier alpha value is -0.900. The zero-order valence-electron chi connectivity index (χ0n) is 9.75. The first-order chi connectivity index (χ1) is 7.65. The Balaban J connectivity index is 1.90. The van der Waals surface area contributed by atoms with Crippen LogP contribution in [0.3, 0.4) is 0 Å². The lowest BCUT2D eigenvalue weighted by molar-refractivity contribution is -0.139. The molecule has 16 heavy (non-hydrogen) atoms. The number of carbonyl (C=O) groups excluding carboxylic acids is 2. The number of carbonyl (C=O) groups is 2. The van der Waals surface area contributed by atoms with Crippen molar-refractivity contribution in [3.8, 4) is 0 Å². The van der Waals surface area contributed by atoms with Crippen molar-refractivity contribution in [2.24, 2.45) is 5.92 Å². The maximum absolute atomic E-state index is 11.9. The van der Waals surface area contributed by atoms with Crippen molar-refractivity contribution in [3.63, 3.8) is 0 Å². The van der Waals surface area contributed by atoms with E-state index in [-0.39, 0.29) is 23.1 Å². The summed E-state index contributed by atoms with van der Waals surface area (Å²) < 4.78 is 5.38. The number of ketones is 1. The molecule has 0 bridgehead atoms. The third kappa shape index (κ3) is 2.26. The Labute approximate surface area is 95.7 Å². The molecule has 4 heteroatoms. The Bertz CT molecular complexity index is 287. The maximum atomic E-state index is 11.9. The molecule has 2 aliphatic rings. The zero-order valence-corrected chi connectivity index (χ0v) is 9.75. The van der Waals surface area contributed by atoms with E-state index in [4.69, 9.17) is 4.74 Å². The van der Waals surface area contributed by atoms with E-state index in [1.165, 1.54) is 0 Å². The van der Waals surface area contributed by atoms with Gasteiger partial charge in [-0.25, -0.2) is 0 Å². The molecule has 0 aromatic carbocycles. The van der Waals surface area contributed by atoms with Crippen LogP contribution < -0.4 is 5.32 Å². The summed E-state index contributed by atoms with van der Waals surface area (Å²) in [7, 11) is 0. The van der Waals surface area contributed by atoms with Crippen LogP contribution in [0.4, 0.5) is 0 Å². The second kappa shape index (κ2) is 4.53. The van der Waals surface area contributed by atoms with Gasteiger partial charge in [0.05, 0.1) is 18.1 Å².